The molecule has 2 aromatic heterocycles. The van der Waals surface area contributed by atoms with Gasteiger partial charge in [0.2, 0.25) is 5.91 Å². The van der Waals surface area contributed by atoms with E-state index in [0.29, 0.717) is 13.0 Å². The van der Waals surface area contributed by atoms with Crippen molar-refractivity contribution in [1.29, 1.82) is 0 Å². The molecule has 6 nitrogen and oxygen atoms in total. The Morgan fingerprint density at radius 2 is 2.08 bits per heavy atom. The molecule has 0 unspecified atom stereocenters. The van der Waals surface area contributed by atoms with Gasteiger partial charge in [0.15, 0.2) is 5.65 Å². The second-order valence-electron chi connectivity index (χ2n) is 6.24. The van der Waals surface area contributed by atoms with Gasteiger partial charge >= 0.3 is 0 Å². The summed E-state index contributed by atoms with van der Waals surface area (Å²) >= 11 is 0. The highest BCUT2D eigenvalue weighted by atomic mass is 16.5. The van der Waals surface area contributed by atoms with Crippen LogP contribution in [0.1, 0.15) is 24.7 Å². The first kappa shape index (κ1) is 15.8. The zero-order valence-electron chi connectivity index (χ0n) is 14.1. The molecule has 128 valence electrons. The van der Waals surface area contributed by atoms with Crippen LogP contribution in [0, 0.1) is 5.92 Å². The average Bonchev–Trinajstić information content (AvgIpc) is 3.29. The number of rotatable bonds is 6. The highest BCUT2D eigenvalue weighted by molar-refractivity contribution is 5.94. The van der Waals surface area contributed by atoms with Crippen LogP contribution in [-0.4, -0.2) is 33.2 Å². The van der Waals surface area contributed by atoms with E-state index in [9.17, 15) is 4.79 Å². The first-order chi connectivity index (χ1) is 12.2. The summed E-state index contributed by atoms with van der Waals surface area (Å²) in [7, 11) is 0. The van der Waals surface area contributed by atoms with E-state index < -0.39 is 0 Å². The van der Waals surface area contributed by atoms with Gasteiger partial charge in [0.1, 0.15) is 5.82 Å². The van der Waals surface area contributed by atoms with E-state index in [2.05, 4.69) is 15.5 Å². The molecule has 0 bridgehead atoms. The van der Waals surface area contributed by atoms with Crippen molar-refractivity contribution in [3.8, 4) is 0 Å². The number of benzene rings is 1. The van der Waals surface area contributed by atoms with Crippen LogP contribution in [0.5, 0.6) is 0 Å². The van der Waals surface area contributed by atoms with Crippen LogP contribution in [0.15, 0.2) is 48.7 Å². The van der Waals surface area contributed by atoms with Crippen LogP contribution in [0.3, 0.4) is 0 Å². The van der Waals surface area contributed by atoms with Crippen LogP contribution in [-0.2, 0) is 16.0 Å². The fraction of sp³-hybridized carbons (Fsp3) is 0.316. The van der Waals surface area contributed by atoms with E-state index >= 15 is 0 Å². The molecule has 2 atom stereocenters. The summed E-state index contributed by atoms with van der Waals surface area (Å²) in [5.41, 5.74) is 2.77. The molecule has 0 radical (unpaired) electrons. The van der Waals surface area contributed by atoms with Crippen molar-refractivity contribution in [2.45, 2.75) is 25.9 Å². The summed E-state index contributed by atoms with van der Waals surface area (Å²) in [6.07, 6.45) is 3.56. The van der Waals surface area contributed by atoms with Gasteiger partial charge in [0, 0.05) is 24.9 Å². The second-order valence-corrected chi connectivity index (χ2v) is 6.24. The molecular weight excluding hydrogens is 316 g/mol. The number of hydrogen-bond donors (Lipinski definition) is 1. The first-order valence-corrected chi connectivity index (χ1v) is 8.54. The zero-order chi connectivity index (χ0) is 17.2. The monoisotopic (exact) mass is 336 g/mol. The van der Waals surface area contributed by atoms with E-state index in [4.69, 9.17) is 4.74 Å². The Morgan fingerprint density at radius 1 is 1.24 bits per heavy atom. The third kappa shape index (κ3) is 3.39. The molecule has 4 rings (SSSR count). The second kappa shape index (κ2) is 6.64. The first-order valence-electron chi connectivity index (χ1n) is 8.54. The fourth-order valence-corrected chi connectivity index (χ4v) is 2.98. The molecular formula is C19H20N4O2. The van der Waals surface area contributed by atoms with Gasteiger partial charge in [-0.2, -0.15) is 0 Å². The summed E-state index contributed by atoms with van der Waals surface area (Å²) in [4.78, 5) is 12.1. The van der Waals surface area contributed by atoms with E-state index in [1.165, 1.54) is 0 Å². The van der Waals surface area contributed by atoms with Crippen molar-refractivity contribution < 1.29 is 9.53 Å². The Balaban J connectivity index is 1.40. The molecule has 6 heteroatoms. The molecule has 1 fully saturated rings. The number of anilines is 1. The van der Waals surface area contributed by atoms with Crippen molar-refractivity contribution in [2.24, 2.45) is 5.92 Å². The number of fused-ring (bicyclic) bond motifs is 1. The summed E-state index contributed by atoms with van der Waals surface area (Å²) in [5, 5.41) is 11.4. The fourth-order valence-electron chi connectivity index (χ4n) is 2.98. The minimum Gasteiger partial charge on any atom is -0.378 e. The van der Waals surface area contributed by atoms with Crippen molar-refractivity contribution in [2.75, 3.05) is 11.9 Å². The normalized spacial score (nSPS) is 19.1. The molecule has 0 aliphatic heterocycles. The van der Waals surface area contributed by atoms with E-state index in [0.717, 1.165) is 29.1 Å². The van der Waals surface area contributed by atoms with Crippen LogP contribution >= 0.6 is 0 Å². The third-order valence-electron chi connectivity index (χ3n) is 4.42. The van der Waals surface area contributed by atoms with Crippen molar-refractivity contribution >= 4 is 17.2 Å². The molecule has 25 heavy (non-hydrogen) atoms. The summed E-state index contributed by atoms with van der Waals surface area (Å²) in [6, 6.07) is 13.7. The number of pyridine rings is 1. The molecule has 0 saturated heterocycles. The number of hydrogen-bond acceptors (Lipinski definition) is 4. The van der Waals surface area contributed by atoms with Gasteiger partial charge in [-0.05, 0) is 43.2 Å². The number of aromatic nitrogens is 3. The number of amides is 1. The van der Waals surface area contributed by atoms with Crippen LogP contribution in [0.25, 0.3) is 5.65 Å². The maximum absolute atomic E-state index is 12.1. The van der Waals surface area contributed by atoms with Gasteiger partial charge in [-0.25, -0.2) is 0 Å². The maximum Gasteiger partial charge on any atom is 0.230 e. The molecule has 1 amide bonds. The lowest BCUT2D eigenvalue weighted by Crippen LogP contribution is -2.16. The van der Waals surface area contributed by atoms with Crippen LogP contribution in [0.4, 0.5) is 5.69 Å². The van der Waals surface area contributed by atoms with E-state index in [1.807, 2.05) is 60.0 Å². The lowest BCUT2D eigenvalue weighted by molar-refractivity contribution is -0.118. The maximum atomic E-state index is 12.1. The topological polar surface area (TPSA) is 68.5 Å². The van der Waals surface area contributed by atoms with Gasteiger partial charge in [-0.3, -0.25) is 9.20 Å². The van der Waals surface area contributed by atoms with Gasteiger partial charge in [0.05, 0.1) is 12.0 Å². The zero-order valence-corrected chi connectivity index (χ0v) is 14.1. The quantitative estimate of drug-likeness (QED) is 0.751. The molecule has 3 aromatic rings. The summed E-state index contributed by atoms with van der Waals surface area (Å²) in [6.45, 7) is 2.60. The van der Waals surface area contributed by atoms with Crippen molar-refractivity contribution in [1.82, 2.24) is 14.6 Å². The molecule has 1 aliphatic carbocycles. The number of ether oxygens (including phenoxy) is 1. The Kier molecular flexibility index (Phi) is 4.19. The minimum absolute atomic E-state index is 0.0121. The number of nitrogens with zero attached hydrogens (tertiary/aromatic N) is 3. The predicted octanol–water partition coefficient (Wildman–Crippen LogP) is 2.68. The van der Waals surface area contributed by atoms with Crippen molar-refractivity contribution in [3.05, 3.63) is 60.0 Å². The lowest BCUT2D eigenvalue weighted by Gasteiger charge is -2.06. The average molecular weight is 336 g/mol. The minimum atomic E-state index is -0.0121. The van der Waals surface area contributed by atoms with Gasteiger partial charge in [-0.15, -0.1) is 10.2 Å². The SMILES string of the molecule is CCO[C@@H]1C[C@H]1C(=O)Nc1ccc(Cc2nnc3ccccn23)cc1. The number of carbonyl (C=O) groups is 1. The number of nitrogens with one attached hydrogen (secondary N) is 1. The smallest absolute Gasteiger partial charge is 0.230 e. The molecule has 1 aliphatic rings. The lowest BCUT2D eigenvalue weighted by atomic mass is 10.1. The highest BCUT2D eigenvalue weighted by Gasteiger charge is 2.43. The van der Waals surface area contributed by atoms with Crippen LogP contribution < -0.4 is 5.32 Å². The molecule has 1 N–H and O–H groups in total. The Hall–Kier alpha value is -2.73. The summed E-state index contributed by atoms with van der Waals surface area (Å²) in [5.74, 6) is 0.918. The van der Waals surface area contributed by atoms with Crippen LogP contribution in [0.2, 0.25) is 0 Å². The van der Waals surface area contributed by atoms with Gasteiger partial charge in [0.25, 0.3) is 0 Å². The largest absolute Gasteiger partial charge is 0.378 e. The Labute approximate surface area is 145 Å². The molecule has 1 saturated carbocycles. The molecule has 1 aromatic carbocycles. The third-order valence-corrected chi connectivity index (χ3v) is 4.42. The van der Waals surface area contributed by atoms with Gasteiger partial charge < -0.3 is 10.1 Å². The summed E-state index contributed by atoms with van der Waals surface area (Å²) < 4.78 is 7.44. The van der Waals surface area contributed by atoms with Gasteiger partial charge in [-0.1, -0.05) is 18.2 Å². The predicted molar refractivity (Wildman–Crippen MR) is 94.4 cm³/mol. The standard InChI is InChI=1S/C19H20N4O2/c1-2-25-16-12-15(16)19(24)20-14-8-6-13(7-9-14)11-18-22-21-17-5-3-4-10-23(17)18/h3-10,15-16H,2,11-12H2,1H3,(H,20,24)/t15-,16-/m1/s1. The Bertz CT molecular complexity index is 888. The van der Waals surface area contributed by atoms with E-state index in [-0.39, 0.29) is 17.9 Å². The van der Waals surface area contributed by atoms with E-state index in [1.54, 1.807) is 0 Å². The highest BCUT2D eigenvalue weighted by Crippen LogP contribution is 2.34. The molecule has 2 heterocycles. The Morgan fingerprint density at radius 3 is 2.88 bits per heavy atom. The molecule has 0 spiro atoms. The number of carbonyl (C=O) groups excluding carboxylic acids is 1. The van der Waals surface area contributed by atoms with Crippen molar-refractivity contribution in [3.63, 3.8) is 0 Å².